The number of aromatic nitrogens is 2. The number of hydrogen-bond donors (Lipinski definition) is 1. The van der Waals surface area contributed by atoms with Crippen molar-refractivity contribution in [1.29, 1.82) is 0 Å². The molecule has 132 valence electrons. The third-order valence-electron chi connectivity index (χ3n) is 4.04. The Morgan fingerprint density at radius 2 is 2.19 bits per heavy atom. The molecule has 0 aliphatic carbocycles. The Morgan fingerprint density at radius 1 is 1.31 bits per heavy atom. The van der Waals surface area contributed by atoms with Crippen molar-refractivity contribution in [2.24, 2.45) is 0 Å². The fourth-order valence-corrected chi connectivity index (χ4v) is 3.33. The molecule has 3 heterocycles. The van der Waals surface area contributed by atoms with E-state index in [1.807, 2.05) is 17.5 Å². The van der Waals surface area contributed by atoms with Gasteiger partial charge in [0, 0.05) is 12.1 Å². The molecule has 0 saturated heterocycles. The molecule has 8 heteroatoms. The van der Waals surface area contributed by atoms with Gasteiger partial charge in [-0.2, -0.15) is 0 Å². The van der Waals surface area contributed by atoms with E-state index in [4.69, 9.17) is 9.15 Å². The minimum Gasteiger partial charge on any atom is -0.449 e. The van der Waals surface area contributed by atoms with Crippen LogP contribution in [0.5, 0.6) is 0 Å². The molecule has 0 saturated carbocycles. The maximum atomic E-state index is 12.4. The molecule has 1 aromatic carbocycles. The molecule has 3 aromatic rings. The summed E-state index contributed by atoms with van der Waals surface area (Å²) < 4.78 is 11.0. The van der Waals surface area contributed by atoms with Crippen molar-refractivity contribution in [1.82, 2.24) is 10.2 Å². The van der Waals surface area contributed by atoms with E-state index in [1.165, 1.54) is 11.3 Å². The highest BCUT2D eigenvalue weighted by Gasteiger charge is 2.22. The highest BCUT2D eigenvalue weighted by atomic mass is 32.1. The van der Waals surface area contributed by atoms with E-state index in [2.05, 4.69) is 15.5 Å². The molecule has 0 radical (unpaired) electrons. The Bertz CT molecular complexity index is 965. The van der Waals surface area contributed by atoms with E-state index in [0.29, 0.717) is 24.3 Å². The average Bonchev–Trinajstić information content (AvgIpc) is 3.32. The van der Waals surface area contributed by atoms with Gasteiger partial charge in [-0.25, -0.2) is 4.79 Å². The smallest absolute Gasteiger partial charge is 0.338 e. The van der Waals surface area contributed by atoms with Crippen molar-refractivity contribution in [3.05, 3.63) is 52.7 Å². The van der Waals surface area contributed by atoms with Crippen LogP contribution >= 0.6 is 11.3 Å². The van der Waals surface area contributed by atoms with Gasteiger partial charge >= 0.3 is 5.97 Å². The lowest BCUT2D eigenvalue weighted by molar-refractivity contribution is -0.116. The van der Waals surface area contributed by atoms with Crippen LogP contribution in [0.3, 0.4) is 0 Å². The van der Waals surface area contributed by atoms with E-state index in [0.717, 1.165) is 16.1 Å². The summed E-state index contributed by atoms with van der Waals surface area (Å²) in [5.74, 6) is 0.154. The standard InChI is InChI=1S/C18H15N3O4S/c1-10(16-20-21-17(25-16)14-3-2-8-26-14)24-18(23)12-4-6-13-11(9-12)5-7-15(22)19-13/h2-4,6,8-10H,5,7H2,1H3,(H,19,22). The lowest BCUT2D eigenvalue weighted by Gasteiger charge is -2.17. The number of nitrogens with zero attached hydrogens (tertiary/aromatic N) is 2. The number of rotatable bonds is 4. The first-order chi connectivity index (χ1) is 12.6. The van der Waals surface area contributed by atoms with Crippen LogP contribution in [-0.4, -0.2) is 22.1 Å². The molecule has 1 unspecified atom stereocenters. The van der Waals surface area contributed by atoms with Crippen molar-refractivity contribution in [3.8, 4) is 10.8 Å². The summed E-state index contributed by atoms with van der Waals surface area (Å²) in [5.41, 5.74) is 2.08. The number of anilines is 1. The van der Waals surface area contributed by atoms with Gasteiger partial charge in [-0.15, -0.1) is 21.5 Å². The van der Waals surface area contributed by atoms with Crippen molar-refractivity contribution in [3.63, 3.8) is 0 Å². The minimum atomic E-state index is -0.667. The summed E-state index contributed by atoms with van der Waals surface area (Å²) in [6.45, 7) is 1.68. The highest BCUT2D eigenvalue weighted by molar-refractivity contribution is 7.13. The number of ether oxygens (including phenoxy) is 1. The van der Waals surface area contributed by atoms with Crippen molar-refractivity contribution in [2.75, 3.05) is 5.32 Å². The molecule has 0 fully saturated rings. The fraction of sp³-hybridized carbons (Fsp3) is 0.222. The summed E-state index contributed by atoms with van der Waals surface area (Å²) in [4.78, 5) is 24.7. The summed E-state index contributed by atoms with van der Waals surface area (Å²) >= 11 is 1.49. The summed E-state index contributed by atoms with van der Waals surface area (Å²) in [5, 5.41) is 12.7. The van der Waals surface area contributed by atoms with Gasteiger partial charge in [-0.05, 0) is 48.6 Å². The average molecular weight is 369 g/mol. The van der Waals surface area contributed by atoms with Gasteiger partial charge in [0.2, 0.25) is 5.91 Å². The van der Waals surface area contributed by atoms with Gasteiger partial charge in [0.05, 0.1) is 10.4 Å². The zero-order chi connectivity index (χ0) is 18.1. The van der Waals surface area contributed by atoms with Crippen LogP contribution in [0.1, 0.15) is 41.3 Å². The largest absolute Gasteiger partial charge is 0.449 e. The van der Waals surface area contributed by atoms with Crippen molar-refractivity contribution < 1.29 is 18.7 Å². The molecule has 2 aromatic heterocycles. The topological polar surface area (TPSA) is 94.3 Å². The predicted molar refractivity (Wildman–Crippen MR) is 94.8 cm³/mol. The zero-order valence-electron chi connectivity index (χ0n) is 13.9. The maximum absolute atomic E-state index is 12.4. The summed E-state index contributed by atoms with van der Waals surface area (Å²) in [7, 11) is 0. The lowest BCUT2D eigenvalue weighted by atomic mass is 10.0. The number of nitrogens with one attached hydrogen (secondary N) is 1. The Morgan fingerprint density at radius 3 is 3.00 bits per heavy atom. The first-order valence-corrected chi connectivity index (χ1v) is 8.99. The Labute approximate surface area is 153 Å². The van der Waals surface area contributed by atoms with Crippen LogP contribution in [0.2, 0.25) is 0 Å². The molecule has 1 N–H and O–H groups in total. The first kappa shape index (κ1) is 16.5. The van der Waals surface area contributed by atoms with Crippen LogP contribution in [-0.2, 0) is 16.0 Å². The molecule has 0 spiro atoms. The molecule has 1 atom stereocenters. The minimum absolute atomic E-state index is 0.0145. The van der Waals surface area contributed by atoms with E-state index in [-0.39, 0.29) is 11.8 Å². The number of carbonyl (C=O) groups is 2. The van der Waals surface area contributed by atoms with Crippen LogP contribution in [0.4, 0.5) is 5.69 Å². The molecule has 1 aliphatic heterocycles. The molecule has 1 aliphatic rings. The number of aryl methyl sites for hydroxylation is 1. The van der Waals surface area contributed by atoms with Crippen LogP contribution in [0, 0.1) is 0 Å². The quantitative estimate of drug-likeness (QED) is 0.706. The van der Waals surface area contributed by atoms with E-state index in [1.54, 1.807) is 25.1 Å². The van der Waals surface area contributed by atoms with Crippen LogP contribution in [0.25, 0.3) is 10.8 Å². The second-order valence-corrected chi connectivity index (χ2v) is 6.84. The Hall–Kier alpha value is -3.00. The Balaban J connectivity index is 1.47. The summed E-state index contributed by atoms with van der Waals surface area (Å²) in [6, 6.07) is 8.87. The van der Waals surface area contributed by atoms with E-state index < -0.39 is 12.1 Å². The second kappa shape index (κ2) is 6.72. The number of thiophene rings is 1. The number of benzene rings is 1. The number of esters is 1. The predicted octanol–water partition coefficient (Wildman–Crippen LogP) is 3.60. The SMILES string of the molecule is CC(OC(=O)c1ccc2c(c1)CCC(=O)N2)c1nnc(-c2cccs2)o1. The van der Waals surface area contributed by atoms with E-state index >= 15 is 0 Å². The summed E-state index contributed by atoms with van der Waals surface area (Å²) in [6.07, 6.45) is 0.348. The molecular weight excluding hydrogens is 354 g/mol. The normalized spacial score (nSPS) is 14.4. The molecule has 1 amide bonds. The highest BCUT2D eigenvalue weighted by Crippen LogP contribution is 2.27. The molecule has 7 nitrogen and oxygen atoms in total. The van der Waals surface area contributed by atoms with Crippen LogP contribution in [0.15, 0.2) is 40.1 Å². The Kier molecular flexibility index (Phi) is 4.26. The van der Waals surface area contributed by atoms with Gasteiger partial charge in [-0.3, -0.25) is 4.79 Å². The van der Waals surface area contributed by atoms with Crippen molar-refractivity contribution >= 4 is 28.9 Å². The molecule has 0 bridgehead atoms. The number of amides is 1. The molecule has 26 heavy (non-hydrogen) atoms. The lowest BCUT2D eigenvalue weighted by Crippen LogP contribution is -2.19. The zero-order valence-corrected chi connectivity index (χ0v) is 14.7. The third kappa shape index (κ3) is 3.23. The first-order valence-electron chi connectivity index (χ1n) is 8.11. The number of carbonyl (C=O) groups excluding carboxylic acids is 2. The number of fused-ring (bicyclic) bond motifs is 1. The maximum Gasteiger partial charge on any atom is 0.338 e. The fourth-order valence-electron chi connectivity index (χ4n) is 2.69. The van der Waals surface area contributed by atoms with Gasteiger partial charge in [-0.1, -0.05) is 6.07 Å². The number of hydrogen-bond acceptors (Lipinski definition) is 7. The van der Waals surface area contributed by atoms with Crippen LogP contribution < -0.4 is 5.32 Å². The van der Waals surface area contributed by atoms with Gasteiger partial charge in [0.1, 0.15) is 0 Å². The van der Waals surface area contributed by atoms with Gasteiger partial charge < -0.3 is 14.5 Å². The molecular formula is C18H15N3O4S. The second-order valence-electron chi connectivity index (χ2n) is 5.89. The van der Waals surface area contributed by atoms with Gasteiger partial charge in [0.15, 0.2) is 6.10 Å². The monoisotopic (exact) mass is 369 g/mol. The third-order valence-corrected chi connectivity index (χ3v) is 4.90. The van der Waals surface area contributed by atoms with Gasteiger partial charge in [0.25, 0.3) is 11.8 Å². The van der Waals surface area contributed by atoms with E-state index in [9.17, 15) is 9.59 Å². The molecule has 4 rings (SSSR count). The van der Waals surface area contributed by atoms with Crippen molar-refractivity contribution in [2.45, 2.75) is 25.9 Å².